The van der Waals surface area contributed by atoms with Crippen LogP contribution >= 0.6 is 0 Å². The van der Waals surface area contributed by atoms with Crippen LogP contribution in [0.25, 0.3) is 5.69 Å². The van der Waals surface area contributed by atoms with Crippen molar-refractivity contribution in [2.45, 2.75) is 0 Å². The summed E-state index contributed by atoms with van der Waals surface area (Å²) in [5.74, 6) is -0.924. The van der Waals surface area contributed by atoms with Gasteiger partial charge in [-0.1, -0.05) is 0 Å². The number of nitrogens with zero attached hydrogens (tertiary/aromatic N) is 2. The standard InChI is InChI=1S/C20H15N5O5/c1-22-19(28)14-8-12(6-7-23-14)30-11-4-2-10(3-5-11)25-15(26)9-13-16(17(25)21)20(29)24-18(13)27/h2-9H,21H2,1H3,(H,22,28)(H,24,27,29). The van der Waals surface area contributed by atoms with Crippen molar-refractivity contribution < 1.29 is 19.1 Å². The van der Waals surface area contributed by atoms with Gasteiger partial charge in [0.25, 0.3) is 23.3 Å². The zero-order chi connectivity index (χ0) is 21.4. The fourth-order valence-electron chi connectivity index (χ4n) is 3.07. The summed E-state index contributed by atoms with van der Waals surface area (Å²) in [4.78, 5) is 51.8. The molecule has 3 aromatic rings. The van der Waals surface area contributed by atoms with Gasteiger partial charge in [-0.25, -0.2) is 0 Å². The maximum absolute atomic E-state index is 12.5. The Morgan fingerprint density at radius 1 is 1.07 bits per heavy atom. The Hall–Kier alpha value is -4.47. The molecule has 3 amide bonds. The lowest BCUT2D eigenvalue weighted by atomic mass is 10.1. The number of ether oxygens (including phenoxy) is 1. The number of benzene rings is 1. The summed E-state index contributed by atoms with van der Waals surface area (Å²) in [6.07, 6.45) is 1.45. The Bertz CT molecular complexity index is 1260. The molecule has 30 heavy (non-hydrogen) atoms. The molecule has 0 bridgehead atoms. The van der Waals surface area contributed by atoms with Gasteiger partial charge in [0.1, 0.15) is 23.0 Å². The van der Waals surface area contributed by atoms with Crippen LogP contribution in [-0.2, 0) is 0 Å². The Labute approximate surface area is 169 Å². The molecule has 0 radical (unpaired) electrons. The van der Waals surface area contributed by atoms with E-state index in [4.69, 9.17) is 10.5 Å². The maximum atomic E-state index is 12.5. The minimum absolute atomic E-state index is 0.0292. The lowest BCUT2D eigenvalue weighted by Gasteiger charge is -2.13. The molecule has 1 aliphatic heterocycles. The maximum Gasteiger partial charge on any atom is 0.269 e. The summed E-state index contributed by atoms with van der Waals surface area (Å²) in [6.45, 7) is 0. The SMILES string of the molecule is CNC(=O)c1cc(Oc2ccc(-n3c(N)c4c(cc3=O)C(=O)NC4=O)cc2)ccn1. The first kappa shape index (κ1) is 18.9. The van der Waals surface area contributed by atoms with E-state index < -0.39 is 17.4 Å². The zero-order valence-corrected chi connectivity index (χ0v) is 15.6. The van der Waals surface area contributed by atoms with Crippen molar-refractivity contribution in [2.75, 3.05) is 12.8 Å². The number of rotatable bonds is 4. The van der Waals surface area contributed by atoms with Crippen LogP contribution in [0.3, 0.4) is 0 Å². The van der Waals surface area contributed by atoms with Crippen LogP contribution in [0, 0.1) is 0 Å². The topological polar surface area (TPSA) is 145 Å². The molecule has 0 aliphatic carbocycles. The number of nitrogen functional groups attached to an aromatic ring is 1. The second-order valence-corrected chi connectivity index (χ2v) is 6.33. The van der Waals surface area contributed by atoms with Crippen molar-refractivity contribution in [1.29, 1.82) is 0 Å². The van der Waals surface area contributed by atoms with Crippen LogP contribution in [-0.4, -0.2) is 34.3 Å². The molecule has 0 atom stereocenters. The van der Waals surface area contributed by atoms with Gasteiger partial charge >= 0.3 is 0 Å². The van der Waals surface area contributed by atoms with E-state index in [1.54, 1.807) is 30.3 Å². The Morgan fingerprint density at radius 3 is 2.50 bits per heavy atom. The van der Waals surface area contributed by atoms with E-state index in [0.29, 0.717) is 17.2 Å². The third kappa shape index (κ3) is 3.15. The number of hydrogen-bond donors (Lipinski definition) is 3. The number of imide groups is 1. The first-order valence-corrected chi connectivity index (χ1v) is 8.76. The van der Waals surface area contributed by atoms with E-state index in [1.807, 2.05) is 0 Å². The number of hydrogen-bond acceptors (Lipinski definition) is 7. The molecule has 10 heteroatoms. The van der Waals surface area contributed by atoms with E-state index in [2.05, 4.69) is 15.6 Å². The van der Waals surface area contributed by atoms with Crippen molar-refractivity contribution >= 4 is 23.5 Å². The summed E-state index contributed by atoms with van der Waals surface area (Å²) in [5, 5.41) is 4.60. The van der Waals surface area contributed by atoms with Crippen LogP contribution in [0.1, 0.15) is 31.2 Å². The normalized spacial score (nSPS) is 12.3. The van der Waals surface area contributed by atoms with Crippen molar-refractivity contribution in [2.24, 2.45) is 0 Å². The predicted molar refractivity (Wildman–Crippen MR) is 106 cm³/mol. The second kappa shape index (κ2) is 7.17. The summed E-state index contributed by atoms with van der Waals surface area (Å²) in [5.41, 5.74) is 5.99. The minimum Gasteiger partial charge on any atom is -0.457 e. The summed E-state index contributed by atoms with van der Waals surface area (Å²) in [6, 6.07) is 10.5. The van der Waals surface area contributed by atoms with Crippen LogP contribution in [0.4, 0.5) is 5.82 Å². The van der Waals surface area contributed by atoms with Crippen LogP contribution in [0.15, 0.2) is 53.5 Å². The number of pyridine rings is 2. The van der Waals surface area contributed by atoms with E-state index in [0.717, 1.165) is 10.6 Å². The van der Waals surface area contributed by atoms with E-state index in [1.165, 1.54) is 19.3 Å². The Morgan fingerprint density at radius 2 is 1.80 bits per heavy atom. The fourth-order valence-corrected chi connectivity index (χ4v) is 3.07. The Balaban J connectivity index is 1.65. The van der Waals surface area contributed by atoms with E-state index >= 15 is 0 Å². The van der Waals surface area contributed by atoms with E-state index in [9.17, 15) is 19.2 Å². The van der Waals surface area contributed by atoms with Gasteiger partial charge in [0, 0.05) is 25.4 Å². The molecule has 0 saturated heterocycles. The van der Waals surface area contributed by atoms with Gasteiger partial charge in [-0.2, -0.15) is 0 Å². The zero-order valence-electron chi connectivity index (χ0n) is 15.6. The number of anilines is 1. The first-order chi connectivity index (χ1) is 14.4. The van der Waals surface area contributed by atoms with Gasteiger partial charge in [0.15, 0.2) is 0 Å². The number of aromatic nitrogens is 2. The largest absolute Gasteiger partial charge is 0.457 e. The lowest BCUT2D eigenvalue weighted by Crippen LogP contribution is -2.24. The quantitative estimate of drug-likeness (QED) is 0.546. The highest BCUT2D eigenvalue weighted by atomic mass is 16.5. The summed E-state index contributed by atoms with van der Waals surface area (Å²) >= 11 is 0. The third-order valence-electron chi connectivity index (χ3n) is 4.48. The summed E-state index contributed by atoms with van der Waals surface area (Å²) in [7, 11) is 1.50. The molecule has 150 valence electrons. The van der Waals surface area contributed by atoms with Gasteiger partial charge in [0.2, 0.25) is 0 Å². The van der Waals surface area contributed by atoms with Gasteiger partial charge < -0.3 is 15.8 Å². The molecule has 2 aromatic heterocycles. The van der Waals surface area contributed by atoms with Crippen molar-refractivity contribution in [3.8, 4) is 17.2 Å². The van der Waals surface area contributed by atoms with Crippen LogP contribution < -0.4 is 26.7 Å². The number of fused-ring (bicyclic) bond motifs is 1. The molecule has 1 aliphatic rings. The highest BCUT2D eigenvalue weighted by Crippen LogP contribution is 2.26. The number of nitrogens with two attached hydrogens (primary N) is 1. The molecule has 10 nitrogen and oxygen atoms in total. The molecule has 3 heterocycles. The molecular formula is C20H15N5O5. The second-order valence-electron chi connectivity index (χ2n) is 6.33. The number of carbonyl (C=O) groups is 3. The van der Waals surface area contributed by atoms with Crippen LogP contribution in [0.2, 0.25) is 0 Å². The molecule has 0 saturated carbocycles. The highest BCUT2D eigenvalue weighted by Gasteiger charge is 2.31. The molecule has 4 N–H and O–H groups in total. The smallest absolute Gasteiger partial charge is 0.269 e. The molecule has 4 rings (SSSR count). The minimum atomic E-state index is -0.650. The third-order valence-corrected chi connectivity index (χ3v) is 4.48. The number of carbonyl (C=O) groups excluding carboxylic acids is 3. The molecular weight excluding hydrogens is 390 g/mol. The van der Waals surface area contributed by atoms with Gasteiger partial charge in [-0.3, -0.25) is 34.0 Å². The first-order valence-electron chi connectivity index (χ1n) is 8.76. The molecule has 0 fully saturated rings. The average Bonchev–Trinajstić information content (AvgIpc) is 3.02. The van der Waals surface area contributed by atoms with Gasteiger partial charge in [0.05, 0.1) is 16.8 Å². The highest BCUT2D eigenvalue weighted by molar-refractivity contribution is 6.23. The van der Waals surface area contributed by atoms with Gasteiger partial charge in [-0.05, 0) is 30.3 Å². The lowest BCUT2D eigenvalue weighted by molar-refractivity contribution is 0.0878. The van der Waals surface area contributed by atoms with Crippen molar-refractivity contribution in [3.05, 3.63) is 75.8 Å². The average molecular weight is 405 g/mol. The van der Waals surface area contributed by atoms with Crippen LogP contribution in [0.5, 0.6) is 11.5 Å². The van der Waals surface area contributed by atoms with Crippen molar-refractivity contribution in [1.82, 2.24) is 20.2 Å². The fraction of sp³-hybridized carbons (Fsp3) is 0.0500. The molecule has 0 unspecified atom stereocenters. The molecule has 0 spiro atoms. The summed E-state index contributed by atoms with van der Waals surface area (Å²) < 4.78 is 6.86. The number of amides is 3. The monoisotopic (exact) mass is 405 g/mol. The molecule has 1 aromatic carbocycles. The Kier molecular flexibility index (Phi) is 4.51. The van der Waals surface area contributed by atoms with E-state index in [-0.39, 0.29) is 28.5 Å². The van der Waals surface area contributed by atoms with Gasteiger partial charge in [-0.15, -0.1) is 0 Å². The van der Waals surface area contributed by atoms with Crippen molar-refractivity contribution in [3.63, 3.8) is 0 Å². The predicted octanol–water partition coefficient (Wildman–Crippen LogP) is 0.850. The number of nitrogens with one attached hydrogen (secondary N) is 2.